The third kappa shape index (κ3) is 5.66. The molecule has 4 aromatic rings. The van der Waals surface area contributed by atoms with Crippen LogP contribution in [0.3, 0.4) is 0 Å². The molecule has 0 aliphatic rings. The lowest BCUT2D eigenvalue weighted by Gasteiger charge is -2.12. The Morgan fingerprint density at radius 2 is 1.83 bits per heavy atom. The van der Waals surface area contributed by atoms with Gasteiger partial charge < -0.3 is 4.74 Å². The van der Waals surface area contributed by atoms with Crippen molar-refractivity contribution in [3.63, 3.8) is 0 Å². The van der Waals surface area contributed by atoms with Crippen molar-refractivity contribution < 1.29 is 14.3 Å². The Bertz CT molecular complexity index is 1430. The first-order valence-electron chi connectivity index (χ1n) is 11.1. The van der Waals surface area contributed by atoms with Crippen molar-refractivity contribution in [3.8, 4) is 0 Å². The van der Waals surface area contributed by atoms with E-state index in [4.69, 9.17) is 21.3 Å². The van der Waals surface area contributed by atoms with Crippen LogP contribution in [-0.4, -0.2) is 33.7 Å². The minimum Gasteiger partial charge on any atom is -0.462 e. The Balaban J connectivity index is 1.71. The van der Waals surface area contributed by atoms with Gasteiger partial charge in [-0.25, -0.2) is 9.78 Å². The summed E-state index contributed by atoms with van der Waals surface area (Å²) in [5.74, 6) is -0.444. The molecule has 0 saturated heterocycles. The fourth-order valence-corrected chi connectivity index (χ4v) is 5.79. The highest BCUT2D eigenvalue weighted by Gasteiger charge is 2.23. The quantitative estimate of drug-likeness (QED) is 0.118. The summed E-state index contributed by atoms with van der Waals surface area (Å²) < 4.78 is 6.76. The highest BCUT2D eigenvalue weighted by Crippen LogP contribution is 2.30. The Kier molecular flexibility index (Phi) is 8.05. The SMILES string of the molecule is CCOC(=O)c1sc2nc(SCC(=O)c3ccc(Cl)cc3)n(CCc3ccccc3)c(=O)c2c1C. The van der Waals surface area contributed by atoms with Crippen LogP contribution in [0.2, 0.25) is 5.02 Å². The second kappa shape index (κ2) is 11.2. The number of aromatic nitrogens is 2. The second-order valence-electron chi connectivity index (χ2n) is 7.76. The highest BCUT2D eigenvalue weighted by molar-refractivity contribution is 7.99. The molecule has 180 valence electrons. The number of thiophene rings is 1. The van der Waals surface area contributed by atoms with Gasteiger partial charge in [0.2, 0.25) is 0 Å². The zero-order valence-corrected chi connectivity index (χ0v) is 21.6. The lowest BCUT2D eigenvalue weighted by atomic mass is 10.1. The van der Waals surface area contributed by atoms with Crippen molar-refractivity contribution in [2.24, 2.45) is 0 Å². The second-order valence-corrected chi connectivity index (χ2v) is 10.1. The zero-order valence-electron chi connectivity index (χ0n) is 19.2. The number of carbonyl (C=O) groups is 2. The molecule has 0 spiro atoms. The number of nitrogens with zero attached hydrogens (tertiary/aromatic N) is 2. The summed E-state index contributed by atoms with van der Waals surface area (Å²) in [6.45, 7) is 4.12. The molecule has 0 aliphatic carbocycles. The smallest absolute Gasteiger partial charge is 0.348 e. The van der Waals surface area contributed by atoms with E-state index in [1.807, 2.05) is 30.3 Å². The first kappa shape index (κ1) is 25.2. The lowest BCUT2D eigenvalue weighted by molar-refractivity contribution is 0.0531. The van der Waals surface area contributed by atoms with Gasteiger partial charge in [0.25, 0.3) is 5.56 Å². The number of hydrogen-bond acceptors (Lipinski definition) is 7. The van der Waals surface area contributed by atoms with Crippen molar-refractivity contribution in [1.82, 2.24) is 9.55 Å². The van der Waals surface area contributed by atoms with Gasteiger partial charge in [-0.1, -0.05) is 53.7 Å². The first-order chi connectivity index (χ1) is 16.9. The molecule has 0 N–H and O–H groups in total. The number of esters is 1. The maximum Gasteiger partial charge on any atom is 0.348 e. The van der Waals surface area contributed by atoms with E-state index in [1.54, 1.807) is 42.7 Å². The first-order valence-corrected chi connectivity index (χ1v) is 13.2. The van der Waals surface area contributed by atoms with E-state index >= 15 is 0 Å². The van der Waals surface area contributed by atoms with Crippen molar-refractivity contribution in [2.75, 3.05) is 12.4 Å². The van der Waals surface area contributed by atoms with Gasteiger partial charge in [-0.15, -0.1) is 11.3 Å². The highest BCUT2D eigenvalue weighted by atomic mass is 35.5. The summed E-state index contributed by atoms with van der Waals surface area (Å²) in [7, 11) is 0. The van der Waals surface area contributed by atoms with Crippen LogP contribution in [0, 0.1) is 6.92 Å². The summed E-state index contributed by atoms with van der Waals surface area (Å²) >= 11 is 8.28. The number of thioether (sulfide) groups is 1. The molecule has 6 nitrogen and oxygen atoms in total. The summed E-state index contributed by atoms with van der Waals surface area (Å²) in [6.07, 6.45) is 0.626. The fraction of sp³-hybridized carbons (Fsp3) is 0.231. The number of aryl methyl sites for hydroxylation is 2. The van der Waals surface area contributed by atoms with E-state index < -0.39 is 5.97 Å². The number of carbonyl (C=O) groups excluding carboxylic acids is 2. The summed E-state index contributed by atoms with van der Waals surface area (Å²) in [5.41, 5.74) is 1.97. The van der Waals surface area contributed by atoms with Gasteiger partial charge in [-0.2, -0.15) is 0 Å². The van der Waals surface area contributed by atoms with E-state index in [1.165, 1.54) is 11.8 Å². The topological polar surface area (TPSA) is 78.3 Å². The van der Waals surface area contributed by atoms with Crippen molar-refractivity contribution in [2.45, 2.75) is 32.0 Å². The third-order valence-electron chi connectivity index (χ3n) is 5.44. The van der Waals surface area contributed by atoms with Gasteiger partial charge >= 0.3 is 5.97 Å². The van der Waals surface area contributed by atoms with E-state index in [9.17, 15) is 14.4 Å². The Labute approximate surface area is 215 Å². The summed E-state index contributed by atoms with van der Waals surface area (Å²) in [4.78, 5) is 44.3. The third-order valence-corrected chi connectivity index (χ3v) is 7.84. The molecule has 2 aromatic heterocycles. The largest absolute Gasteiger partial charge is 0.462 e. The molecule has 0 fully saturated rings. The molecule has 9 heteroatoms. The minimum absolute atomic E-state index is 0.0924. The van der Waals surface area contributed by atoms with Crippen LogP contribution in [-0.2, 0) is 17.7 Å². The predicted octanol–water partition coefficient (Wildman–Crippen LogP) is 5.81. The van der Waals surface area contributed by atoms with Crippen LogP contribution in [0.15, 0.2) is 64.5 Å². The molecule has 0 aliphatic heterocycles. The van der Waals surface area contributed by atoms with E-state index in [0.29, 0.717) is 49.4 Å². The Hall–Kier alpha value is -2.94. The van der Waals surface area contributed by atoms with Crippen molar-refractivity contribution >= 4 is 56.7 Å². The monoisotopic (exact) mass is 526 g/mol. The van der Waals surface area contributed by atoms with Crippen LogP contribution in [0.4, 0.5) is 0 Å². The zero-order chi connectivity index (χ0) is 24.9. The molecule has 0 atom stereocenters. The fourth-order valence-electron chi connectivity index (χ4n) is 3.63. The standard InChI is InChI=1S/C26H23ClN2O4S2/c1-3-33-25(32)22-16(2)21-23(35-22)28-26(34-15-20(30)18-9-11-19(27)12-10-18)29(24(21)31)14-13-17-7-5-4-6-8-17/h4-12H,3,13-15H2,1-2H3. The number of rotatable bonds is 9. The van der Waals surface area contributed by atoms with Crippen LogP contribution in [0.5, 0.6) is 0 Å². The normalized spacial score (nSPS) is 11.1. The van der Waals surface area contributed by atoms with Gasteiger partial charge in [-0.3, -0.25) is 14.2 Å². The predicted molar refractivity (Wildman–Crippen MR) is 141 cm³/mol. The van der Waals surface area contributed by atoms with Gasteiger partial charge in [0.05, 0.1) is 17.7 Å². The van der Waals surface area contributed by atoms with Crippen LogP contribution < -0.4 is 5.56 Å². The van der Waals surface area contributed by atoms with E-state index in [0.717, 1.165) is 16.9 Å². The summed E-state index contributed by atoms with van der Waals surface area (Å²) in [5, 5.41) is 1.42. The van der Waals surface area contributed by atoms with E-state index in [-0.39, 0.29) is 23.7 Å². The number of ketones is 1. The molecule has 35 heavy (non-hydrogen) atoms. The van der Waals surface area contributed by atoms with E-state index in [2.05, 4.69) is 0 Å². The molecule has 0 unspecified atom stereocenters. The molecule has 0 amide bonds. The number of ether oxygens (including phenoxy) is 1. The molecule has 2 heterocycles. The van der Waals surface area contributed by atoms with Crippen LogP contribution in [0.1, 0.15) is 38.1 Å². The molecular formula is C26H23ClN2O4S2. The number of Topliss-reactive ketones (excluding diaryl/α,β-unsaturated/α-hetero) is 1. The van der Waals surface area contributed by atoms with Gasteiger partial charge in [0, 0.05) is 17.1 Å². The van der Waals surface area contributed by atoms with Gasteiger partial charge in [0.1, 0.15) is 9.71 Å². The van der Waals surface area contributed by atoms with Crippen molar-refractivity contribution in [1.29, 1.82) is 0 Å². The Morgan fingerprint density at radius 3 is 2.51 bits per heavy atom. The van der Waals surface area contributed by atoms with Gasteiger partial charge in [0.15, 0.2) is 10.9 Å². The minimum atomic E-state index is -0.463. The lowest BCUT2D eigenvalue weighted by Crippen LogP contribution is -2.24. The molecule has 0 saturated carbocycles. The number of hydrogen-bond donors (Lipinski definition) is 0. The number of benzene rings is 2. The average molecular weight is 527 g/mol. The van der Waals surface area contributed by atoms with Crippen LogP contribution >= 0.6 is 34.7 Å². The summed E-state index contributed by atoms with van der Waals surface area (Å²) in [6, 6.07) is 16.6. The molecule has 4 rings (SSSR count). The van der Waals surface area contributed by atoms with Crippen molar-refractivity contribution in [3.05, 3.63) is 91.5 Å². The maximum atomic E-state index is 13.6. The number of fused-ring (bicyclic) bond motifs is 1. The molecular weight excluding hydrogens is 504 g/mol. The molecule has 0 radical (unpaired) electrons. The Morgan fingerprint density at radius 1 is 1.11 bits per heavy atom. The molecule has 0 bridgehead atoms. The number of halogens is 1. The van der Waals surface area contributed by atoms with Crippen LogP contribution in [0.25, 0.3) is 10.2 Å². The molecule has 2 aromatic carbocycles. The average Bonchev–Trinajstić information content (AvgIpc) is 3.19. The maximum absolute atomic E-state index is 13.6. The van der Waals surface area contributed by atoms with Gasteiger partial charge in [-0.05, 0) is 55.7 Å².